The number of hydrogen-bond donors (Lipinski definition) is 1. The van der Waals surface area contributed by atoms with Crippen LogP contribution in [0.2, 0.25) is 0 Å². The van der Waals surface area contributed by atoms with Crippen LogP contribution in [-0.2, 0) is 13.0 Å². The Bertz CT molecular complexity index is 346. The number of piperidine rings is 1. The molecule has 0 bridgehead atoms. The zero-order chi connectivity index (χ0) is 12.3. The quantitative estimate of drug-likeness (QED) is 0.873. The Kier molecular flexibility index (Phi) is 4.24. The van der Waals surface area contributed by atoms with Crippen LogP contribution in [0.5, 0.6) is 0 Å². The summed E-state index contributed by atoms with van der Waals surface area (Å²) in [5.41, 5.74) is 0. The lowest BCUT2D eigenvalue weighted by molar-refractivity contribution is 0.0571. The maximum Gasteiger partial charge on any atom is 0.118 e. The van der Waals surface area contributed by atoms with E-state index >= 15 is 0 Å². The Labute approximate surface area is 103 Å². The third kappa shape index (κ3) is 3.33. The molecule has 2 rings (SSSR count). The largest absolute Gasteiger partial charge is 0.465 e. The summed E-state index contributed by atoms with van der Waals surface area (Å²) in [5.74, 6) is 2.53. The number of aliphatic hydroxyl groups excluding tert-OH is 1. The van der Waals surface area contributed by atoms with Crippen molar-refractivity contribution < 1.29 is 9.52 Å². The van der Waals surface area contributed by atoms with Crippen molar-refractivity contribution in [1.29, 1.82) is 0 Å². The summed E-state index contributed by atoms with van der Waals surface area (Å²) in [4.78, 5) is 2.39. The molecule has 1 aliphatic rings. The van der Waals surface area contributed by atoms with E-state index in [4.69, 9.17) is 4.42 Å². The third-order valence-corrected chi connectivity index (χ3v) is 3.67. The van der Waals surface area contributed by atoms with Gasteiger partial charge in [0.25, 0.3) is 0 Å². The van der Waals surface area contributed by atoms with E-state index in [2.05, 4.69) is 24.0 Å². The minimum Gasteiger partial charge on any atom is -0.465 e. The van der Waals surface area contributed by atoms with E-state index in [1.807, 2.05) is 6.92 Å². The Morgan fingerprint density at radius 3 is 2.88 bits per heavy atom. The van der Waals surface area contributed by atoms with Gasteiger partial charge in [0, 0.05) is 13.0 Å². The first-order chi connectivity index (χ1) is 8.19. The topological polar surface area (TPSA) is 36.6 Å². The molecule has 17 heavy (non-hydrogen) atoms. The molecule has 1 aliphatic heterocycles. The fraction of sp³-hybridized carbons (Fsp3) is 0.714. The number of aliphatic hydroxyl groups is 1. The van der Waals surface area contributed by atoms with Gasteiger partial charge in [-0.05, 0) is 44.4 Å². The van der Waals surface area contributed by atoms with E-state index < -0.39 is 0 Å². The van der Waals surface area contributed by atoms with Gasteiger partial charge in [-0.3, -0.25) is 4.90 Å². The van der Waals surface area contributed by atoms with Crippen LogP contribution in [-0.4, -0.2) is 29.2 Å². The predicted octanol–water partition coefficient (Wildman–Crippen LogP) is 2.43. The molecule has 1 saturated heterocycles. The molecule has 0 aromatic carbocycles. The van der Waals surface area contributed by atoms with Crippen LogP contribution in [0.15, 0.2) is 16.5 Å². The van der Waals surface area contributed by atoms with Gasteiger partial charge in [0.15, 0.2) is 0 Å². The zero-order valence-electron chi connectivity index (χ0n) is 10.9. The highest BCUT2D eigenvalue weighted by molar-refractivity contribution is 5.07. The maximum absolute atomic E-state index is 9.65. The van der Waals surface area contributed by atoms with Crippen LogP contribution in [0.25, 0.3) is 0 Å². The van der Waals surface area contributed by atoms with Crippen LogP contribution in [0.4, 0.5) is 0 Å². The molecule has 1 N–H and O–H groups in total. The molecule has 0 unspecified atom stereocenters. The molecular formula is C14H23NO2. The minimum atomic E-state index is -0.194. The molecule has 1 aromatic rings. The summed E-state index contributed by atoms with van der Waals surface area (Å²) in [6.45, 7) is 6.98. The molecule has 0 radical (unpaired) electrons. The summed E-state index contributed by atoms with van der Waals surface area (Å²) < 4.78 is 5.73. The van der Waals surface area contributed by atoms with Crippen LogP contribution >= 0.6 is 0 Å². The Morgan fingerprint density at radius 2 is 2.24 bits per heavy atom. The minimum absolute atomic E-state index is 0.194. The van der Waals surface area contributed by atoms with Crippen LogP contribution < -0.4 is 0 Å². The first-order valence-corrected chi connectivity index (χ1v) is 6.67. The molecule has 1 aromatic heterocycles. The molecule has 0 aliphatic carbocycles. The summed E-state index contributed by atoms with van der Waals surface area (Å²) in [5, 5.41) is 9.65. The van der Waals surface area contributed by atoms with Gasteiger partial charge in [-0.2, -0.15) is 0 Å². The highest BCUT2D eigenvalue weighted by Crippen LogP contribution is 2.21. The Balaban J connectivity index is 1.90. The summed E-state index contributed by atoms with van der Waals surface area (Å²) in [6.07, 6.45) is 3.08. The van der Waals surface area contributed by atoms with Crippen LogP contribution in [0.3, 0.4) is 0 Å². The smallest absolute Gasteiger partial charge is 0.118 e. The molecule has 2 atom stereocenters. The third-order valence-electron chi connectivity index (χ3n) is 3.67. The maximum atomic E-state index is 9.65. The second-order valence-corrected chi connectivity index (χ2v) is 5.10. The van der Waals surface area contributed by atoms with Crippen molar-refractivity contribution in [1.82, 2.24) is 4.90 Å². The van der Waals surface area contributed by atoms with E-state index in [1.165, 1.54) is 6.42 Å². The average Bonchev–Trinajstić information content (AvgIpc) is 2.77. The summed E-state index contributed by atoms with van der Waals surface area (Å²) >= 11 is 0. The molecular weight excluding hydrogens is 214 g/mol. The Morgan fingerprint density at radius 1 is 1.47 bits per heavy atom. The van der Waals surface area contributed by atoms with Crippen LogP contribution in [0, 0.1) is 5.92 Å². The molecule has 1 fully saturated rings. The summed E-state index contributed by atoms with van der Waals surface area (Å²) in [7, 11) is 0. The van der Waals surface area contributed by atoms with E-state index in [9.17, 15) is 5.11 Å². The van der Waals surface area contributed by atoms with Gasteiger partial charge < -0.3 is 9.52 Å². The van der Waals surface area contributed by atoms with Gasteiger partial charge >= 0.3 is 0 Å². The molecule has 0 spiro atoms. The lowest BCUT2D eigenvalue weighted by Crippen LogP contribution is -2.38. The normalized spacial score (nSPS) is 23.8. The highest BCUT2D eigenvalue weighted by atomic mass is 16.3. The number of rotatable bonds is 4. The molecule has 0 saturated carbocycles. The van der Waals surface area contributed by atoms with Gasteiger partial charge in [0.2, 0.25) is 0 Å². The number of aryl methyl sites for hydroxylation is 1. The van der Waals surface area contributed by atoms with Crippen molar-refractivity contribution in [2.24, 2.45) is 5.92 Å². The van der Waals surface area contributed by atoms with E-state index in [1.54, 1.807) is 0 Å². The Hall–Kier alpha value is -0.800. The first kappa shape index (κ1) is 12.7. The molecule has 3 heteroatoms. The molecule has 3 nitrogen and oxygen atoms in total. The fourth-order valence-corrected chi connectivity index (χ4v) is 2.55. The lowest BCUT2D eigenvalue weighted by Gasteiger charge is -2.33. The van der Waals surface area contributed by atoms with Crippen molar-refractivity contribution in [3.8, 4) is 0 Å². The van der Waals surface area contributed by atoms with E-state index in [0.717, 1.165) is 44.0 Å². The number of nitrogens with zero attached hydrogens (tertiary/aromatic N) is 1. The molecule has 0 amide bonds. The second kappa shape index (κ2) is 5.69. The molecule has 96 valence electrons. The van der Waals surface area contributed by atoms with Crippen molar-refractivity contribution in [3.05, 3.63) is 23.7 Å². The van der Waals surface area contributed by atoms with Gasteiger partial charge in [0.05, 0.1) is 12.6 Å². The second-order valence-electron chi connectivity index (χ2n) is 5.10. The summed E-state index contributed by atoms with van der Waals surface area (Å²) in [6, 6.07) is 4.14. The lowest BCUT2D eigenvalue weighted by atomic mass is 9.93. The zero-order valence-corrected chi connectivity index (χ0v) is 10.9. The van der Waals surface area contributed by atoms with Gasteiger partial charge in [-0.25, -0.2) is 0 Å². The van der Waals surface area contributed by atoms with Crippen molar-refractivity contribution in [3.63, 3.8) is 0 Å². The fourth-order valence-electron chi connectivity index (χ4n) is 2.55. The van der Waals surface area contributed by atoms with Crippen molar-refractivity contribution >= 4 is 0 Å². The SMILES string of the molecule is CCc1ccc(CN2CCC[C@H]([C@@H](C)O)C2)o1. The highest BCUT2D eigenvalue weighted by Gasteiger charge is 2.23. The van der Waals surface area contributed by atoms with Gasteiger partial charge in [0.1, 0.15) is 11.5 Å². The first-order valence-electron chi connectivity index (χ1n) is 6.67. The molecule has 2 heterocycles. The van der Waals surface area contributed by atoms with E-state index in [-0.39, 0.29) is 6.10 Å². The van der Waals surface area contributed by atoms with Crippen LogP contribution in [0.1, 0.15) is 38.2 Å². The monoisotopic (exact) mass is 237 g/mol. The van der Waals surface area contributed by atoms with Crippen molar-refractivity contribution in [2.45, 2.75) is 45.8 Å². The van der Waals surface area contributed by atoms with Crippen molar-refractivity contribution in [2.75, 3.05) is 13.1 Å². The number of likely N-dealkylation sites (tertiary alicyclic amines) is 1. The predicted molar refractivity (Wildman–Crippen MR) is 67.8 cm³/mol. The van der Waals surface area contributed by atoms with Gasteiger partial charge in [-0.1, -0.05) is 6.92 Å². The number of furan rings is 1. The number of hydrogen-bond acceptors (Lipinski definition) is 3. The van der Waals surface area contributed by atoms with E-state index in [0.29, 0.717) is 5.92 Å². The average molecular weight is 237 g/mol. The standard InChI is InChI=1S/C14H23NO2/c1-3-13-6-7-14(17-13)10-15-8-4-5-12(9-15)11(2)16/h6-7,11-12,16H,3-5,8-10H2,1-2H3/t11-,12+/m1/s1. The van der Waals surface area contributed by atoms with Gasteiger partial charge in [-0.15, -0.1) is 0 Å².